The Morgan fingerprint density at radius 2 is 1.48 bits per heavy atom. The van der Waals surface area contributed by atoms with Crippen molar-refractivity contribution in [3.05, 3.63) is 105 Å². The number of hydrogen-bond acceptors (Lipinski definition) is 7. The van der Waals surface area contributed by atoms with Crippen LogP contribution in [-0.2, 0) is 33.9 Å². The fourth-order valence-corrected chi connectivity index (χ4v) is 11.4. The van der Waals surface area contributed by atoms with Gasteiger partial charge in [0.25, 0.3) is 18.2 Å². The van der Waals surface area contributed by atoms with E-state index in [1.54, 1.807) is 12.1 Å². The second-order valence-corrected chi connectivity index (χ2v) is 18.1. The summed E-state index contributed by atoms with van der Waals surface area (Å²) in [7, 11) is 0. The third-order valence-corrected chi connectivity index (χ3v) is 14.6. The molecule has 1 aromatic heterocycles. The maximum Gasteiger partial charge on any atom is 0.262 e. The molecule has 3 fully saturated rings. The first-order valence-corrected chi connectivity index (χ1v) is 21.9. The summed E-state index contributed by atoms with van der Waals surface area (Å²) < 4.78 is 60.5. The Hall–Kier alpha value is -5.41. The number of hydrogen-bond donors (Lipinski definition) is 2. The lowest BCUT2D eigenvalue weighted by atomic mass is 9.83. The third kappa shape index (κ3) is 6.91. The topological polar surface area (TPSA) is 126 Å². The first kappa shape index (κ1) is 40.6. The molecule has 2 saturated heterocycles. The average molecular weight is 853 g/mol. The highest BCUT2D eigenvalue weighted by Crippen LogP contribution is 2.44. The number of H-pyrrole nitrogens is 1. The first-order chi connectivity index (χ1) is 29.8. The minimum absolute atomic E-state index is 0.0622. The Morgan fingerprint density at radius 3 is 2.11 bits per heavy atom. The SMILES string of the molecule is C[C@@H]1Cc2c([nH]c3ccccc23)[C@@H](c2c(F)cc(C3CCN(C(=O)C4CCC(N5Cc6cc7c(cc6C5)C(=O)N(C5CCC(=O)NC5=O)C7=O)CC4)CC3)cc2F)N1CC(F)F. The number of amides is 5. The number of nitrogens with zero attached hydrogens (tertiary/aromatic N) is 4. The van der Waals surface area contributed by atoms with Gasteiger partial charge in [0.2, 0.25) is 17.7 Å². The van der Waals surface area contributed by atoms with E-state index in [9.17, 15) is 32.8 Å². The van der Waals surface area contributed by atoms with E-state index in [1.807, 2.05) is 36.1 Å². The summed E-state index contributed by atoms with van der Waals surface area (Å²) in [5.74, 6) is -3.79. The molecule has 62 heavy (non-hydrogen) atoms. The van der Waals surface area contributed by atoms with E-state index in [4.69, 9.17) is 0 Å². The summed E-state index contributed by atoms with van der Waals surface area (Å²) in [6.45, 7) is 3.37. The van der Waals surface area contributed by atoms with Crippen LogP contribution in [0.5, 0.6) is 0 Å². The fraction of sp³-hybridized carbons (Fsp3) is 0.468. The highest BCUT2D eigenvalue weighted by atomic mass is 19.3. The Kier molecular flexibility index (Phi) is 10.3. The zero-order valence-corrected chi connectivity index (χ0v) is 34.4. The number of carbonyl (C=O) groups is 5. The van der Waals surface area contributed by atoms with E-state index in [0.29, 0.717) is 56.7 Å². The Balaban J connectivity index is 0.757. The standard InChI is InChI=1S/C47H48F4N6O5/c1-24-16-32-31-4-2-3-5-37(31)52-42(32)43(56(24)23-39(50)51)41-35(48)19-27(20-36(41)49)25-12-14-54(15-13-25)45(60)26-6-8-30(9-7-26)55-21-28-17-33-34(18-29(28)22-55)47(62)57(46(33)61)38-10-11-40(58)53-44(38)59/h2-5,17-20,24-26,30,38-39,43,52H,6-16,21-23H2,1H3,(H,53,58,59)/t24-,26?,30?,38?,43-/m1/s1. The molecule has 15 heteroatoms. The molecule has 0 spiro atoms. The van der Waals surface area contributed by atoms with Gasteiger partial charge in [-0.25, -0.2) is 17.6 Å². The maximum absolute atomic E-state index is 16.3. The molecule has 2 N–H and O–H groups in total. The molecule has 1 saturated carbocycles. The number of imide groups is 2. The van der Waals surface area contributed by atoms with E-state index in [-0.39, 0.29) is 59.4 Å². The molecule has 0 radical (unpaired) electrons. The monoisotopic (exact) mass is 852 g/mol. The van der Waals surface area contributed by atoms with Crippen LogP contribution in [0, 0.1) is 17.6 Å². The normalized spacial score (nSPS) is 26.1. The lowest BCUT2D eigenvalue weighted by Gasteiger charge is -2.41. The Labute approximate surface area is 355 Å². The number of aromatic nitrogens is 1. The van der Waals surface area contributed by atoms with Gasteiger partial charge in [0, 0.05) is 72.8 Å². The quantitative estimate of drug-likeness (QED) is 0.156. The van der Waals surface area contributed by atoms with Crippen molar-refractivity contribution in [1.82, 2.24) is 29.9 Å². The van der Waals surface area contributed by atoms with Gasteiger partial charge in [0.15, 0.2) is 0 Å². The summed E-state index contributed by atoms with van der Waals surface area (Å²) in [6, 6.07) is 11.6. The van der Waals surface area contributed by atoms with Crippen LogP contribution in [0.15, 0.2) is 48.5 Å². The minimum Gasteiger partial charge on any atom is -0.357 e. The van der Waals surface area contributed by atoms with Gasteiger partial charge in [0.1, 0.15) is 17.7 Å². The molecule has 324 valence electrons. The summed E-state index contributed by atoms with van der Waals surface area (Å²) in [4.78, 5) is 74.7. The number of rotatable bonds is 7. The van der Waals surface area contributed by atoms with Crippen molar-refractivity contribution in [3.63, 3.8) is 0 Å². The van der Waals surface area contributed by atoms with E-state index in [2.05, 4.69) is 15.2 Å². The Morgan fingerprint density at radius 1 is 0.839 bits per heavy atom. The second-order valence-electron chi connectivity index (χ2n) is 18.1. The Bertz CT molecular complexity index is 2460. The van der Waals surface area contributed by atoms with Crippen molar-refractivity contribution in [1.29, 1.82) is 0 Å². The predicted molar refractivity (Wildman–Crippen MR) is 219 cm³/mol. The van der Waals surface area contributed by atoms with Crippen LogP contribution in [0.3, 0.4) is 0 Å². The van der Waals surface area contributed by atoms with Gasteiger partial charge in [-0.05, 0) is 117 Å². The van der Waals surface area contributed by atoms with Crippen molar-refractivity contribution in [2.24, 2.45) is 5.92 Å². The van der Waals surface area contributed by atoms with Crippen LogP contribution < -0.4 is 5.32 Å². The number of likely N-dealkylation sites (tertiary alicyclic amines) is 1. The molecule has 1 unspecified atom stereocenters. The number of halogens is 4. The molecule has 10 rings (SSSR count). The number of aromatic amines is 1. The largest absolute Gasteiger partial charge is 0.357 e. The number of para-hydroxylation sites is 1. The van der Waals surface area contributed by atoms with Crippen LogP contribution in [-0.4, -0.2) is 98.3 Å². The van der Waals surface area contributed by atoms with Crippen molar-refractivity contribution in [2.45, 2.75) is 114 Å². The van der Waals surface area contributed by atoms with Crippen LogP contribution in [0.25, 0.3) is 10.9 Å². The highest BCUT2D eigenvalue weighted by molar-refractivity contribution is 6.23. The molecule has 1 aliphatic carbocycles. The number of piperidine rings is 2. The van der Waals surface area contributed by atoms with Gasteiger partial charge < -0.3 is 9.88 Å². The molecule has 11 nitrogen and oxygen atoms in total. The second kappa shape index (κ2) is 15.7. The summed E-state index contributed by atoms with van der Waals surface area (Å²) in [5.41, 5.74) is 4.99. The predicted octanol–water partition coefficient (Wildman–Crippen LogP) is 6.73. The number of carbonyl (C=O) groups excluding carboxylic acids is 5. The molecule has 6 aliphatic rings. The van der Waals surface area contributed by atoms with Gasteiger partial charge in [-0.1, -0.05) is 18.2 Å². The molecular formula is C47H48F4N6O5. The van der Waals surface area contributed by atoms with Crippen molar-refractivity contribution >= 4 is 40.4 Å². The number of nitrogens with one attached hydrogen (secondary N) is 2. The van der Waals surface area contributed by atoms with Gasteiger partial charge in [-0.3, -0.25) is 44.0 Å². The lowest BCUT2D eigenvalue weighted by Crippen LogP contribution is -2.54. The lowest BCUT2D eigenvalue weighted by molar-refractivity contribution is -0.138. The molecule has 4 aromatic rings. The fourth-order valence-electron chi connectivity index (χ4n) is 11.4. The number of fused-ring (bicyclic) bond motifs is 5. The smallest absolute Gasteiger partial charge is 0.262 e. The van der Waals surface area contributed by atoms with Crippen LogP contribution >= 0.6 is 0 Å². The van der Waals surface area contributed by atoms with Crippen LogP contribution in [0.2, 0.25) is 0 Å². The molecule has 3 atom stereocenters. The third-order valence-electron chi connectivity index (χ3n) is 14.6. The van der Waals surface area contributed by atoms with Crippen LogP contribution in [0.1, 0.15) is 124 Å². The van der Waals surface area contributed by atoms with Crippen molar-refractivity contribution in [2.75, 3.05) is 19.6 Å². The van der Waals surface area contributed by atoms with Crippen molar-refractivity contribution in [3.8, 4) is 0 Å². The maximum atomic E-state index is 16.3. The van der Waals surface area contributed by atoms with E-state index < -0.39 is 60.3 Å². The van der Waals surface area contributed by atoms with Gasteiger partial charge in [-0.2, -0.15) is 0 Å². The number of alkyl halides is 2. The molecule has 5 amide bonds. The van der Waals surface area contributed by atoms with E-state index in [0.717, 1.165) is 58.2 Å². The van der Waals surface area contributed by atoms with Crippen molar-refractivity contribution < 1.29 is 41.5 Å². The summed E-state index contributed by atoms with van der Waals surface area (Å²) in [6.07, 6.45) is 2.15. The van der Waals surface area contributed by atoms with Crippen LogP contribution in [0.4, 0.5) is 17.6 Å². The summed E-state index contributed by atoms with van der Waals surface area (Å²) in [5, 5.41) is 3.15. The van der Waals surface area contributed by atoms with Gasteiger partial charge in [0.05, 0.1) is 23.7 Å². The first-order valence-electron chi connectivity index (χ1n) is 21.9. The number of benzene rings is 3. The average Bonchev–Trinajstić information content (AvgIpc) is 3.92. The molecule has 3 aromatic carbocycles. The van der Waals surface area contributed by atoms with E-state index in [1.165, 1.54) is 17.0 Å². The molecular weight excluding hydrogens is 805 g/mol. The van der Waals surface area contributed by atoms with Gasteiger partial charge >= 0.3 is 0 Å². The zero-order valence-electron chi connectivity index (χ0n) is 34.4. The molecule has 0 bridgehead atoms. The molecule has 6 heterocycles. The molecule has 5 aliphatic heterocycles. The highest BCUT2D eigenvalue weighted by Gasteiger charge is 2.46. The minimum atomic E-state index is -2.68. The van der Waals surface area contributed by atoms with E-state index >= 15 is 8.78 Å². The zero-order chi connectivity index (χ0) is 43.1. The summed E-state index contributed by atoms with van der Waals surface area (Å²) >= 11 is 0. The van der Waals surface area contributed by atoms with Gasteiger partial charge in [-0.15, -0.1) is 0 Å².